The molecular weight excluding hydrogens is 1890 g/mol. The third-order valence-corrected chi connectivity index (χ3v) is 31.1. The van der Waals surface area contributed by atoms with E-state index in [9.17, 15) is 24.0 Å². The fourth-order valence-corrected chi connectivity index (χ4v) is 23.3. The smallest absolute Gasteiger partial charge is 0.360 e. The van der Waals surface area contributed by atoms with Crippen LogP contribution in [0.2, 0.25) is 0 Å². The molecule has 5 aromatic carbocycles. The second-order valence-corrected chi connectivity index (χ2v) is 41.9. The lowest BCUT2D eigenvalue weighted by Crippen LogP contribution is -2.47. The average molecular weight is 2000 g/mol. The van der Waals surface area contributed by atoms with E-state index < -0.39 is 0 Å². The van der Waals surface area contributed by atoms with Gasteiger partial charge in [-0.3, -0.25) is 29.7 Å². The Kier molecular flexibility index (Phi) is 27.2. The fraction of sp³-hybridized carbons (Fsp3) is 0.316. The zero-order valence-electron chi connectivity index (χ0n) is 84.7. The van der Waals surface area contributed by atoms with E-state index in [4.69, 9.17) is 30.9 Å². The minimum absolute atomic E-state index is 0.276. The molecule has 2 N–H and O–H groups in total. The predicted molar refractivity (Wildman–Crippen MR) is 593 cm³/mol. The normalized spacial score (nSPS) is 15.7. The first-order valence-corrected chi connectivity index (χ1v) is 52.6. The van der Waals surface area contributed by atoms with Crippen molar-refractivity contribution in [2.45, 2.75) is 88.5 Å². The van der Waals surface area contributed by atoms with E-state index in [0.29, 0.717) is 78.5 Å². The molecule has 0 radical (unpaired) electrons. The Morgan fingerprint density at radius 1 is 0.333 bits per heavy atom. The number of rotatable bonds is 14. The molecule has 30 heteroatoms. The Morgan fingerprint density at radius 2 is 0.721 bits per heavy atom. The Balaban J connectivity index is 0.000000104. The standard InChI is InChI=1S/C26H27N3O3.C25H27N3O3.C23H23N3O2S.C22H21N3O2S.C21H20N4O2/c1-16-11-20-13-24(31-25(20)17(2)27-16)22-12-19-5-6-21(14-23(19)32-26(22)30)29-9-7-28(8-10-29)15-18-3-4-18;1-4-7-27-8-10-28(11-9-27)20-6-5-18-13-21(25(29)31-22(18)15-20)23-14-19-12-16(2)26-17(3)24(19)30-23;1-14-10-21-18(15(2)24-14)13-22(29-21)19-11-16-4-5-17(12-20(16)28-23(19)27)26-8-6-25(3)7-9-26;1-13-9-20-17(14(2)24-13)12-21(28-20)18-10-15-3-4-16(11-19(15)27-22(18)26)25-7-5-23-6-8-25;1-14-12-25-13-17(4-5-20(25)23-14)15-2-3-16-10-18(21(26)27-19(16)11-15)24-8-6-22-7-9-24/h5-6,11-14,18H,3-4,7-10,15H2,1-2H3;5-6,12-15H,4,7-11H2,1-3H3;4-5,10-13H,6-9H2,1-3H3;3-4,9-12,23H,5-8H2,1-2H3;2-5,10-13,22H,6-9H2,1H3. The lowest BCUT2D eigenvalue weighted by Gasteiger charge is -2.36. The van der Waals surface area contributed by atoms with Gasteiger partial charge in [0.2, 0.25) is 0 Å². The van der Waals surface area contributed by atoms with Gasteiger partial charge in [0.15, 0.2) is 11.2 Å². The number of nitrogens with one attached hydrogen (secondary N) is 2. The van der Waals surface area contributed by atoms with Crippen LogP contribution in [0.3, 0.4) is 0 Å². The summed E-state index contributed by atoms with van der Waals surface area (Å²) in [6, 6.07) is 60.1. The monoisotopic (exact) mass is 2000 g/mol. The molecule has 5 saturated heterocycles. The Bertz CT molecular complexity index is 8770. The zero-order chi connectivity index (χ0) is 101. The fourth-order valence-electron chi connectivity index (χ4n) is 20.9. The average Bonchev–Trinajstić information content (AvgIpc) is 1.78. The van der Waals surface area contributed by atoms with Crippen molar-refractivity contribution in [3.63, 3.8) is 0 Å². The summed E-state index contributed by atoms with van der Waals surface area (Å²) in [6.07, 6.45) is 8.03. The minimum Gasteiger partial charge on any atom is -0.454 e. The van der Waals surface area contributed by atoms with Crippen molar-refractivity contribution < 1.29 is 30.9 Å². The number of piperazine rings is 5. The molecule has 6 aliphatic rings. The number of likely N-dealkylation sites (N-methyl/N-ethyl adjacent to an activating group) is 1. The summed E-state index contributed by atoms with van der Waals surface area (Å²) in [5.41, 5.74) is 21.5. The van der Waals surface area contributed by atoms with Crippen LogP contribution in [0.25, 0.3) is 157 Å². The van der Waals surface area contributed by atoms with E-state index in [1.807, 2.05) is 200 Å². The molecule has 0 unspecified atom stereocenters. The topological polar surface area (TPSA) is 296 Å². The summed E-state index contributed by atoms with van der Waals surface area (Å²) in [6.45, 7) is 42.0. The number of thiophene rings is 2. The first-order valence-electron chi connectivity index (χ1n) is 51.0. The lowest BCUT2D eigenvalue weighted by molar-refractivity contribution is 0.248. The van der Waals surface area contributed by atoms with Crippen molar-refractivity contribution in [3.05, 3.63) is 298 Å². The van der Waals surface area contributed by atoms with Crippen LogP contribution in [-0.4, -0.2) is 195 Å². The molecule has 1 aliphatic carbocycles. The van der Waals surface area contributed by atoms with Gasteiger partial charge in [-0.1, -0.05) is 19.1 Å². The summed E-state index contributed by atoms with van der Waals surface area (Å²) in [5.74, 6) is 1.96. The van der Waals surface area contributed by atoms with Gasteiger partial charge < -0.3 is 75.4 Å². The highest BCUT2D eigenvalue weighted by Crippen LogP contribution is 2.41. The maximum atomic E-state index is 12.8. The molecule has 0 bridgehead atoms. The van der Waals surface area contributed by atoms with Gasteiger partial charge in [0.1, 0.15) is 61.9 Å². The van der Waals surface area contributed by atoms with Gasteiger partial charge in [0, 0.05) is 299 Å². The van der Waals surface area contributed by atoms with Crippen LogP contribution < -0.4 is 63.3 Å². The second-order valence-electron chi connectivity index (χ2n) is 39.7. The number of nitrogens with zero attached hydrogens (tertiary/aromatic N) is 14. The van der Waals surface area contributed by atoms with Crippen LogP contribution in [0.15, 0.2) is 249 Å². The molecule has 750 valence electrons. The van der Waals surface area contributed by atoms with Crippen molar-refractivity contribution in [3.8, 4) is 54.7 Å². The van der Waals surface area contributed by atoms with Crippen molar-refractivity contribution >= 4 is 154 Å². The molecular formula is C117H118N16O12S2. The number of anilines is 5. The summed E-state index contributed by atoms with van der Waals surface area (Å²) in [4.78, 5) is 107. The van der Waals surface area contributed by atoms with Crippen LogP contribution in [0.4, 0.5) is 28.4 Å². The largest absolute Gasteiger partial charge is 0.454 e. The van der Waals surface area contributed by atoms with Crippen molar-refractivity contribution in [1.29, 1.82) is 0 Å². The molecule has 20 aromatic rings. The van der Waals surface area contributed by atoms with Gasteiger partial charge in [-0.05, 0) is 258 Å². The quantitative estimate of drug-likeness (QED) is 0.0956. The summed E-state index contributed by atoms with van der Waals surface area (Å²) in [7, 11) is 2.14. The number of furan rings is 2. The maximum absolute atomic E-state index is 12.8. The lowest BCUT2D eigenvalue weighted by atomic mass is 10.1. The minimum atomic E-state index is -0.390. The van der Waals surface area contributed by atoms with E-state index in [-0.39, 0.29) is 28.1 Å². The van der Waals surface area contributed by atoms with Crippen molar-refractivity contribution in [2.75, 3.05) is 176 Å². The highest BCUT2D eigenvalue weighted by atomic mass is 32.1. The van der Waals surface area contributed by atoms with E-state index >= 15 is 0 Å². The van der Waals surface area contributed by atoms with Gasteiger partial charge in [0.25, 0.3) is 0 Å². The number of fused-ring (bicyclic) bond motifs is 10. The van der Waals surface area contributed by atoms with Crippen LogP contribution >= 0.6 is 22.7 Å². The van der Waals surface area contributed by atoms with Gasteiger partial charge in [0.05, 0.1) is 28.2 Å². The molecule has 26 rings (SSSR count). The van der Waals surface area contributed by atoms with Gasteiger partial charge in [-0.25, -0.2) is 29.0 Å². The molecule has 15 aromatic heterocycles. The van der Waals surface area contributed by atoms with Crippen LogP contribution in [0.5, 0.6) is 0 Å². The van der Waals surface area contributed by atoms with E-state index in [1.54, 1.807) is 22.7 Å². The van der Waals surface area contributed by atoms with Crippen molar-refractivity contribution in [2.24, 2.45) is 5.92 Å². The van der Waals surface area contributed by atoms with E-state index in [0.717, 1.165) is 302 Å². The number of imidazole rings is 1. The summed E-state index contributed by atoms with van der Waals surface area (Å²) >= 11 is 3.23. The van der Waals surface area contributed by atoms with Gasteiger partial charge in [-0.2, -0.15) is 0 Å². The molecule has 0 spiro atoms. The third kappa shape index (κ3) is 21.0. The van der Waals surface area contributed by atoms with Crippen LogP contribution in [0, 0.1) is 68.2 Å². The molecule has 5 aliphatic heterocycles. The first-order chi connectivity index (χ1) is 71.3. The molecule has 6 fully saturated rings. The molecule has 20 heterocycles. The molecule has 28 nitrogen and oxygen atoms in total. The van der Waals surface area contributed by atoms with Gasteiger partial charge in [-0.15, -0.1) is 22.7 Å². The molecule has 1 saturated carbocycles. The number of aryl methyl sites for hydroxylation is 9. The Hall–Kier alpha value is -14.8. The molecule has 0 atom stereocenters. The predicted octanol–water partition coefficient (Wildman–Crippen LogP) is 20.9. The van der Waals surface area contributed by atoms with Crippen molar-refractivity contribution in [1.82, 2.24) is 54.7 Å². The molecule has 0 amide bonds. The van der Waals surface area contributed by atoms with E-state index in [2.05, 4.69) is 149 Å². The number of hydrogen-bond donors (Lipinski definition) is 2. The molecule has 147 heavy (non-hydrogen) atoms. The number of aromatic nitrogens is 6. The van der Waals surface area contributed by atoms with E-state index in [1.165, 1.54) is 25.8 Å². The number of pyridine rings is 5. The van der Waals surface area contributed by atoms with Gasteiger partial charge >= 0.3 is 28.1 Å². The first kappa shape index (κ1) is 97.0. The third-order valence-electron chi connectivity index (χ3n) is 28.9. The Morgan fingerprint density at radius 3 is 1.18 bits per heavy atom. The zero-order valence-corrected chi connectivity index (χ0v) is 86.3. The highest BCUT2D eigenvalue weighted by Gasteiger charge is 2.30. The number of benzene rings is 5. The summed E-state index contributed by atoms with van der Waals surface area (Å²) in [5, 5.41) is 15.3. The SMILES string of the molecule is CCCN1CCN(c2ccc3cc(-c4cc5cc(C)nc(C)c5o4)c(=O)oc3c2)CC1.Cc1cc2cc(-c3cc4ccc(N5CCN(CC6CC6)CC5)cc4oc3=O)oc2c(C)n1.Cc1cc2sc(-c3cc4ccc(N5CCN(C)CC5)cc4oc3=O)cc2c(C)n1.Cc1cc2sc(-c3cc4ccc(N5CCNCC5)cc4oc3=O)cc2c(C)n1.Cc1cn2cc(-c3ccc4cc(N5CCNCC5)c(=O)oc4c3)ccc2n1. The second kappa shape index (κ2) is 41.3. The Labute approximate surface area is 856 Å². The highest BCUT2D eigenvalue weighted by molar-refractivity contribution is 7.22. The summed E-state index contributed by atoms with van der Waals surface area (Å²) < 4.78 is 44.9. The van der Waals surface area contributed by atoms with Crippen LogP contribution in [-0.2, 0) is 0 Å². The van der Waals surface area contributed by atoms with Crippen LogP contribution in [0.1, 0.15) is 77.4 Å². The maximum Gasteiger partial charge on any atom is 0.360 e. The number of hydrogen-bond acceptors (Lipinski definition) is 29.